The van der Waals surface area contributed by atoms with Crippen molar-refractivity contribution >= 4 is 14.5 Å². The van der Waals surface area contributed by atoms with E-state index in [0.29, 0.717) is 0 Å². The van der Waals surface area contributed by atoms with E-state index in [1.165, 1.54) is 16.4 Å². The molecule has 0 saturated heterocycles. The molecule has 1 aliphatic rings. The standard InChI is InChI=1S/C13H11OP/c15-13-7-3-6-12-10(13)8-9-4-1-2-5-11(9)14-12/h1-7H,8,15H2. The minimum atomic E-state index is 0.963. The summed E-state index contributed by atoms with van der Waals surface area (Å²) >= 11 is 0. The lowest BCUT2D eigenvalue weighted by molar-refractivity contribution is 0.461. The van der Waals surface area contributed by atoms with Crippen LogP contribution >= 0.6 is 9.24 Å². The van der Waals surface area contributed by atoms with E-state index in [2.05, 4.69) is 27.4 Å². The van der Waals surface area contributed by atoms with E-state index < -0.39 is 0 Å². The lowest BCUT2D eigenvalue weighted by Gasteiger charge is -2.21. The van der Waals surface area contributed by atoms with Crippen molar-refractivity contribution in [3.63, 3.8) is 0 Å². The molecule has 1 heterocycles. The largest absolute Gasteiger partial charge is 0.457 e. The van der Waals surface area contributed by atoms with Gasteiger partial charge in [-0.2, -0.15) is 0 Å². The Hall–Kier alpha value is -1.33. The first kappa shape index (κ1) is 8.94. The zero-order valence-corrected chi connectivity index (χ0v) is 9.39. The Labute approximate surface area is 91.3 Å². The van der Waals surface area contributed by atoms with Crippen LogP contribution in [0.5, 0.6) is 11.5 Å². The molecule has 0 N–H and O–H groups in total. The average molecular weight is 214 g/mol. The van der Waals surface area contributed by atoms with Crippen LogP contribution in [0.2, 0.25) is 0 Å². The zero-order chi connectivity index (χ0) is 10.3. The Balaban J connectivity index is 2.15. The summed E-state index contributed by atoms with van der Waals surface area (Å²) in [5.41, 5.74) is 2.54. The van der Waals surface area contributed by atoms with Gasteiger partial charge >= 0.3 is 0 Å². The van der Waals surface area contributed by atoms with E-state index in [0.717, 1.165) is 17.9 Å². The highest BCUT2D eigenvalue weighted by atomic mass is 31.0. The van der Waals surface area contributed by atoms with Crippen LogP contribution < -0.4 is 10.0 Å². The molecule has 15 heavy (non-hydrogen) atoms. The number of rotatable bonds is 0. The molecule has 2 aromatic carbocycles. The summed E-state index contributed by atoms with van der Waals surface area (Å²) in [4.78, 5) is 0. The molecule has 0 spiro atoms. The smallest absolute Gasteiger partial charge is 0.131 e. The van der Waals surface area contributed by atoms with Crippen LogP contribution in [0.1, 0.15) is 11.1 Å². The first-order valence-corrected chi connectivity index (χ1v) is 5.55. The third-order valence-corrected chi connectivity index (χ3v) is 3.27. The summed E-state index contributed by atoms with van der Waals surface area (Å²) in [6.45, 7) is 0. The maximum atomic E-state index is 5.84. The van der Waals surface area contributed by atoms with Crippen LogP contribution in [-0.4, -0.2) is 0 Å². The van der Waals surface area contributed by atoms with Crippen molar-refractivity contribution in [3.8, 4) is 11.5 Å². The second-order valence-electron chi connectivity index (χ2n) is 3.71. The first-order valence-electron chi connectivity index (χ1n) is 4.98. The summed E-state index contributed by atoms with van der Waals surface area (Å²) in [7, 11) is 2.77. The Kier molecular flexibility index (Phi) is 2.00. The van der Waals surface area contributed by atoms with Crippen LogP contribution in [0.15, 0.2) is 42.5 Å². The lowest BCUT2D eigenvalue weighted by atomic mass is 10.0. The predicted molar refractivity (Wildman–Crippen MR) is 65.1 cm³/mol. The Morgan fingerprint density at radius 3 is 2.67 bits per heavy atom. The van der Waals surface area contributed by atoms with Gasteiger partial charge in [-0.3, -0.25) is 0 Å². The molecule has 2 aromatic rings. The van der Waals surface area contributed by atoms with E-state index in [1.807, 2.05) is 24.3 Å². The van der Waals surface area contributed by atoms with Crippen molar-refractivity contribution < 1.29 is 4.74 Å². The molecule has 74 valence electrons. The second kappa shape index (κ2) is 3.36. The van der Waals surface area contributed by atoms with Crippen LogP contribution in [-0.2, 0) is 6.42 Å². The van der Waals surface area contributed by atoms with Crippen LogP contribution in [0, 0.1) is 0 Å². The van der Waals surface area contributed by atoms with E-state index in [-0.39, 0.29) is 0 Å². The van der Waals surface area contributed by atoms with Crippen molar-refractivity contribution in [2.24, 2.45) is 0 Å². The third-order valence-electron chi connectivity index (χ3n) is 2.73. The Morgan fingerprint density at radius 1 is 0.933 bits per heavy atom. The van der Waals surface area contributed by atoms with Gasteiger partial charge in [0.2, 0.25) is 0 Å². The molecule has 1 nitrogen and oxygen atoms in total. The summed E-state index contributed by atoms with van der Waals surface area (Å²) in [6.07, 6.45) is 0.963. The van der Waals surface area contributed by atoms with Crippen LogP contribution in [0.25, 0.3) is 0 Å². The van der Waals surface area contributed by atoms with Gasteiger partial charge in [-0.1, -0.05) is 30.3 Å². The first-order chi connectivity index (χ1) is 7.34. The van der Waals surface area contributed by atoms with Gasteiger partial charge < -0.3 is 4.74 Å². The van der Waals surface area contributed by atoms with Crippen LogP contribution in [0.4, 0.5) is 0 Å². The number of hydrogen-bond acceptors (Lipinski definition) is 1. The molecule has 0 fully saturated rings. The fourth-order valence-corrected chi connectivity index (χ4v) is 2.28. The number of ether oxygens (including phenoxy) is 1. The molecule has 1 aliphatic heterocycles. The molecule has 1 unspecified atom stereocenters. The quantitative estimate of drug-likeness (QED) is 0.523. The minimum absolute atomic E-state index is 0.963. The molecule has 0 aromatic heterocycles. The summed E-state index contributed by atoms with van der Waals surface area (Å²) < 4.78 is 5.84. The highest BCUT2D eigenvalue weighted by Crippen LogP contribution is 2.35. The number of fused-ring (bicyclic) bond motifs is 2. The molecule has 3 rings (SSSR count). The van der Waals surface area contributed by atoms with Crippen molar-refractivity contribution in [1.82, 2.24) is 0 Å². The van der Waals surface area contributed by atoms with E-state index in [4.69, 9.17) is 4.74 Å². The number of para-hydroxylation sites is 1. The SMILES string of the molecule is Pc1cccc2c1Cc1ccccc1O2. The van der Waals surface area contributed by atoms with Crippen molar-refractivity contribution in [3.05, 3.63) is 53.6 Å². The Morgan fingerprint density at radius 2 is 1.73 bits per heavy atom. The number of hydrogen-bond donors (Lipinski definition) is 0. The molecule has 0 amide bonds. The van der Waals surface area contributed by atoms with E-state index in [9.17, 15) is 0 Å². The highest BCUT2D eigenvalue weighted by molar-refractivity contribution is 7.27. The average Bonchev–Trinajstić information content (AvgIpc) is 2.27. The zero-order valence-electron chi connectivity index (χ0n) is 8.23. The van der Waals surface area contributed by atoms with Gasteiger partial charge in [-0.05, 0) is 23.0 Å². The maximum Gasteiger partial charge on any atom is 0.131 e. The van der Waals surface area contributed by atoms with Gasteiger partial charge in [0.15, 0.2) is 0 Å². The predicted octanol–water partition coefficient (Wildman–Crippen LogP) is 2.88. The van der Waals surface area contributed by atoms with Gasteiger partial charge in [-0.15, -0.1) is 9.24 Å². The molecule has 1 atom stereocenters. The fourth-order valence-electron chi connectivity index (χ4n) is 1.93. The highest BCUT2D eigenvalue weighted by Gasteiger charge is 2.17. The van der Waals surface area contributed by atoms with Gasteiger partial charge in [0.05, 0.1) is 0 Å². The summed E-state index contributed by atoms with van der Waals surface area (Å²) in [5.74, 6) is 1.97. The molecular weight excluding hydrogens is 203 g/mol. The monoisotopic (exact) mass is 214 g/mol. The second-order valence-corrected chi connectivity index (χ2v) is 4.33. The molecule has 0 aliphatic carbocycles. The fraction of sp³-hybridized carbons (Fsp3) is 0.0769. The molecule has 0 bridgehead atoms. The normalized spacial score (nSPS) is 12.6. The molecule has 0 radical (unpaired) electrons. The Bertz CT molecular complexity index is 520. The van der Waals surface area contributed by atoms with Gasteiger partial charge in [0.25, 0.3) is 0 Å². The van der Waals surface area contributed by atoms with E-state index in [1.54, 1.807) is 0 Å². The van der Waals surface area contributed by atoms with Crippen molar-refractivity contribution in [1.29, 1.82) is 0 Å². The van der Waals surface area contributed by atoms with E-state index >= 15 is 0 Å². The number of benzene rings is 2. The van der Waals surface area contributed by atoms with Crippen molar-refractivity contribution in [2.45, 2.75) is 6.42 Å². The van der Waals surface area contributed by atoms with Gasteiger partial charge in [0, 0.05) is 12.0 Å². The van der Waals surface area contributed by atoms with Gasteiger partial charge in [0.1, 0.15) is 11.5 Å². The summed E-state index contributed by atoms with van der Waals surface area (Å²) in [5, 5.41) is 1.22. The van der Waals surface area contributed by atoms with Crippen LogP contribution in [0.3, 0.4) is 0 Å². The molecule has 2 heteroatoms. The van der Waals surface area contributed by atoms with Crippen molar-refractivity contribution in [2.75, 3.05) is 0 Å². The maximum absolute atomic E-state index is 5.84. The molecular formula is C13H11OP. The minimum Gasteiger partial charge on any atom is -0.457 e. The third kappa shape index (κ3) is 1.44. The van der Waals surface area contributed by atoms with Gasteiger partial charge in [-0.25, -0.2) is 0 Å². The topological polar surface area (TPSA) is 9.23 Å². The summed E-state index contributed by atoms with van der Waals surface area (Å²) in [6, 6.07) is 14.4. The lowest BCUT2D eigenvalue weighted by Crippen LogP contribution is -2.10. The molecule has 0 saturated carbocycles.